The van der Waals surface area contributed by atoms with Crippen molar-refractivity contribution in [1.29, 1.82) is 0 Å². The van der Waals surface area contributed by atoms with Crippen molar-refractivity contribution in [2.24, 2.45) is 0 Å². The van der Waals surface area contributed by atoms with Gasteiger partial charge in [-0.25, -0.2) is 18.7 Å². The first kappa shape index (κ1) is 28.6. The number of aromatic nitrogens is 3. The van der Waals surface area contributed by atoms with Crippen LogP contribution in [0.15, 0.2) is 64.3 Å². The van der Waals surface area contributed by atoms with Crippen molar-refractivity contribution in [2.45, 2.75) is 26.6 Å². The number of carboxylic acids is 1. The second-order valence-electron chi connectivity index (χ2n) is 9.67. The average Bonchev–Trinajstić information content (AvgIpc) is 3.48. The number of nitrogens with two attached hydrogens (primary N) is 1. The summed E-state index contributed by atoms with van der Waals surface area (Å²) in [6.07, 6.45) is 1.43. The molecule has 0 aliphatic carbocycles. The molecule has 0 saturated carbocycles. The number of amides is 2. The summed E-state index contributed by atoms with van der Waals surface area (Å²) in [6, 6.07) is 11.7. The normalized spacial score (nSPS) is 11.0. The molecule has 0 bridgehead atoms. The van der Waals surface area contributed by atoms with Crippen LogP contribution in [0.1, 0.15) is 53.6 Å². The van der Waals surface area contributed by atoms with Crippen molar-refractivity contribution in [3.05, 3.63) is 120 Å². The molecule has 13 nitrogen and oxygen atoms in total. The molecule has 0 aliphatic rings. The van der Waals surface area contributed by atoms with Gasteiger partial charge in [-0.3, -0.25) is 19.2 Å². The smallest absolute Gasteiger partial charge is 0.335 e. The van der Waals surface area contributed by atoms with E-state index in [-0.39, 0.29) is 59.2 Å². The minimum Gasteiger partial charge on any atom is -0.478 e. The summed E-state index contributed by atoms with van der Waals surface area (Å²) in [7, 11) is 0. The number of anilines is 2. The fraction of sp³-hybridized carbons (Fsp3) is 0.138. The Labute approximate surface area is 241 Å². The number of nitrogens with one attached hydrogen (secondary N) is 3. The molecular formula is C29H24FN7O6. The van der Waals surface area contributed by atoms with E-state index in [9.17, 15) is 33.5 Å². The minimum atomic E-state index is -1.04. The van der Waals surface area contributed by atoms with Gasteiger partial charge in [0.2, 0.25) is 0 Å². The fourth-order valence-electron chi connectivity index (χ4n) is 4.45. The van der Waals surface area contributed by atoms with Gasteiger partial charge in [0.15, 0.2) is 5.65 Å². The Balaban J connectivity index is 1.27. The molecule has 0 atom stereocenters. The second-order valence-corrected chi connectivity index (χ2v) is 9.67. The summed E-state index contributed by atoms with van der Waals surface area (Å²) in [5, 5.41) is 21.4. The predicted octanol–water partition coefficient (Wildman–Crippen LogP) is 1.53. The fourth-order valence-corrected chi connectivity index (χ4v) is 4.45. The molecule has 0 saturated heterocycles. The van der Waals surface area contributed by atoms with Crippen LogP contribution in [0.25, 0.3) is 5.65 Å². The molecule has 5 rings (SSSR count). The highest BCUT2D eigenvalue weighted by atomic mass is 19.1. The number of aromatic carboxylic acids is 1. The SMILES string of the molecule is Cc1cc(CNC(=O)c2cc(C(=O)NCc3ccc(F)c(CNc4c(N)c(=O)c4=O)c3)n3nccc3n2)ccc1C(=O)O. The van der Waals surface area contributed by atoms with E-state index in [1.54, 1.807) is 19.1 Å². The molecule has 6 N–H and O–H groups in total. The van der Waals surface area contributed by atoms with Gasteiger partial charge in [-0.2, -0.15) is 5.10 Å². The molecule has 0 unspecified atom stereocenters. The second kappa shape index (κ2) is 11.5. The number of rotatable bonds is 10. The van der Waals surface area contributed by atoms with Crippen LogP contribution in [0.2, 0.25) is 0 Å². The largest absolute Gasteiger partial charge is 0.478 e. The van der Waals surface area contributed by atoms with E-state index in [4.69, 9.17) is 5.73 Å². The summed E-state index contributed by atoms with van der Waals surface area (Å²) < 4.78 is 15.6. The third kappa shape index (κ3) is 5.79. The molecule has 2 heterocycles. The molecule has 5 aromatic rings. The maximum absolute atomic E-state index is 14.4. The number of carboxylic acid groups (broad SMARTS) is 1. The van der Waals surface area contributed by atoms with Gasteiger partial charge >= 0.3 is 5.97 Å². The van der Waals surface area contributed by atoms with Crippen molar-refractivity contribution in [2.75, 3.05) is 11.1 Å². The minimum absolute atomic E-state index is 0.00727. The third-order valence-corrected chi connectivity index (χ3v) is 6.77. The van der Waals surface area contributed by atoms with E-state index in [1.165, 1.54) is 47.1 Å². The van der Waals surface area contributed by atoms with Crippen LogP contribution < -0.4 is 32.5 Å². The van der Waals surface area contributed by atoms with Crippen LogP contribution in [-0.4, -0.2) is 37.5 Å². The monoisotopic (exact) mass is 585 g/mol. The Morgan fingerprint density at radius 2 is 1.63 bits per heavy atom. The Morgan fingerprint density at radius 3 is 2.33 bits per heavy atom. The van der Waals surface area contributed by atoms with Crippen molar-refractivity contribution >= 4 is 34.8 Å². The zero-order valence-electron chi connectivity index (χ0n) is 22.6. The molecule has 0 fully saturated rings. The molecule has 43 heavy (non-hydrogen) atoms. The number of fused-ring (bicyclic) bond motifs is 1. The van der Waals surface area contributed by atoms with Crippen LogP contribution in [0.4, 0.5) is 15.8 Å². The van der Waals surface area contributed by atoms with Gasteiger partial charge in [0.25, 0.3) is 22.7 Å². The lowest BCUT2D eigenvalue weighted by molar-refractivity contribution is 0.0695. The van der Waals surface area contributed by atoms with E-state index >= 15 is 0 Å². The van der Waals surface area contributed by atoms with Crippen molar-refractivity contribution < 1.29 is 23.9 Å². The molecule has 218 valence electrons. The predicted molar refractivity (Wildman–Crippen MR) is 153 cm³/mol. The zero-order valence-corrected chi connectivity index (χ0v) is 22.6. The molecule has 14 heteroatoms. The zero-order chi connectivity index (χ0) is 30.8. The molecule has 0 radical (unpaired) electrons. The lowest BCUT2D eigenvalue weighted by atomic mass is 10.1. The van der Waals surface area contributed by atoms with Gasteiger partial charge in [-0.1, -0.05) is 18.2 Å². The van der Waals surface area contributed by atoms with E-state index in [1.807, 2.05) is 0 Å². The summed E-state index contributed by atoms with van der Waals surface area (Å²) in [5.74, 6) is -2.74. The van der Waals surface area contributed by atoms with Crippen molar-refractivity contribution in [3.63, 3.8) is 0 Å². The highest BCUT2D eigenvalue weighted by Gasteiger charge is 2.19. The van der Waals surface area contributed by atoms with E-state index in [0.29, 0.717) is 16.7 Å². The van der Waals surface area contributed by atoms with Crippen molar-refractivity contribution in [3.8, 4) is 0 Å². The van der Waals surface area contributed by atoms with Gasteiger partial charge < -0.3 is 26.8 Å². The molecular weight excluding hydrogens is 561 g/mol. The topological polar surface area (TPSA) is 198 Å². The van der Waals surface area contributed by atoms with Gasteiger partial charge in [0, 0.05) is 37.3 Å². The van der Waals surface area contributed by atoms with Gasteiger partial charge in [-0.15, -0.1) is 0 Å². The van der Waals surface area contributed by atoms with Gasteiger partial charge in [-0.05, 0) is 41.8 Å². The number of carbonyl (C=O) groups is 3. The van der Waals surface area contributed by atoms with Crippen molar-refractivity contribution in [1.82, 2.24) is 25.2 Å². The van der Waals surface area contributed by atoms with Crippen LogP contribution in [0.3, 0.4) is 0 Å². The number of halogens is 1. The van der Waals surface area contributed by atoms with Crippen LogP contribution >= 0.6 is 0 Å². The standard InChI is InChI=1S/C29H24FN7O6/c1-14-8-15(2-4-18(14)29(42)43)11-33-27(40)20-10-21(37-22(36-20)6-7-35-37)28(41)34-12-16-3-5-19(30)17(9-16)13-32-24-23(31)25(38)26(24)39/h2-10,32H,11-13,31H2,1H3,(H,33,40)(H,34,41)(H,42,43). The van der Waals surface area contributed by atoms with Gasteiger partial charge in [0.05, 0.1) is 11.8 Å². The number of benzene rings is 2. The lowest BCUT2D eigenvalue weighted by Crippen LogP contribution is -2.37. The first-order valence-corrected chi connectivity index (χ1v) is 12.9. The summed E-state index contributed by atoms with van der Waals surface area (Å²) >= 11 is 0. The summed E-state index contributed by atoms with van der Waals surface area (Å²) in [4.78, 5) is 64.5. The summed E-state index contributed by atoms with van der Waals surface area (Å²) in [6.45, 7) is 1.64. The first-order valence-electron chi connectivity index (χ1n) is 12.9. The number of hydrogen-bond acceptors (Lipinski definition) is 9. The Morgan fingerprint density at radius 1 is 0.930 bits per heavy atom. The molecule has 3 aromatic carbocycles. The maximum Gasteiger partial charge on any atom is 0.335 e. The third-order valence-electron chi connectivity index (χ3n) is 6.77. The average molecular weight is 586 g/mol. The number of nitrogen functional groups attached to an aromatic ring is 1. The first-order chi connectivity index (χ1) is 20.5. The molecule has 0 aliphatic heterocycles. The number of carbonyl (C=O) groups excluding carboxylic acids is 2. The van der Waals surface area contributed by atoms with Gasteiger partial charge in [0.1, 0.15) is 28.6 Å². The van der Waals surface area contributed by atoms with Crippen LogP contribution in [0, 0.1) is 12.7 Å². The quantitative estimate of drug-likeness (QED) is 0.150. The van der Waals surface area contributed by atoms with E-state index < -0.39 is 34.5 Å². The summed E-state index contributed by atoms with van der Waals surface area (Å²) in [5.41, 5.74) is 6.06. The Kier molecular flexibility index (Phi) is 7.66. The highest BCUT2D eigenvalue weighted by molar-refractivity contribution is 5.98. The Bertz CT molecular complexity index is 1990. The number of hydrogen-bond donors (Lipinski definition) is 5. The number of nitrogens with zero attached hydrogens (tertiary/aromatic N) is 3. The van der Waals surface area contributed by atoms with Crippen LogP contribution in [-0.2, 0) is 19.6 Å². The maximum atomic E-state index is 14.4. The van der Waals surface area contributed by atoms with E-state index in [0.717, 1.165) is 0 Å². The number of aryl methyl sites for hydroxylation is 1. The molecule has 0 spiro atoms. The molecule has 2 amide bonds. The highest BCUT2D eigenvalue weighted by Crippen LogP contribution is 2.16. The molecule has 2 aromatic heterocycles. The Hall–Kier alpha value is -5.92. The van der Waals surface area contributed by atoms with E-state index in [2.05, 4.69) is 26.0 Å². The van der Waals surface area contributed by atoms with Crippen LogP contribution in [0.5, 0.6) is 0 Å². The lowest BCUT2D eigenvalue weighted by Gasteiger charge is -2.13.